The average Bonchev–Trinajstić information content (AvgIpc) is 2.64. The number of nitrogens with zero attached hydrogens (tertiary/aromatic N) is 2. The van der Waals surface area contributed by atoms with Crippen LogP contribution in [0, 0.1) is 5.82 Å². The van der Waals surface area contributed by atoms with Gasteiger partial charge in [0.05, 0.1) is 0 Å². The van der Waals surface area contributed by atoms with Crippen molar-refractivity contribution in [2.75, 3.05) is 31.1 Å². The molecule has 6 heteroatoms. The molecule has 0 unspecified atom stereocenters. The van der Waals surface area contributed by atoms with Crippen LogP contribution in [0.1, 0.15) is 5.56 Å². The summed E-state index contributed by atoms with van der Waals surface area (Å²) in [5, 5.41) is 0. The zero-order valence-corrected chi connectivity index (χ0v) is 14.2. The van der Waals surface area contributed by atoms with E-state index >= 15 is 0 Å². The average molecular weight is 364 g/mol. The molecule has 2 aromatic carbocycles. The first-order valence-corrected chi connectivity index (χ1v) is 8.48. The second-order valence-electron chi connectivity index (χ2n) is 6.26. The van der Waals surface area contributed by atoms with E-state index < -0.39 is 18.0 Å². The number of hydrogen-bond donors (Lipinski definition) is 0. The van der Waals surface area contributed by atoms with E-state index in [1.54, 1.807) is 0 Å². The largest absolute Gasteiger partial charge is 0.407 e. The fourth-order valence-electron chi connectivity index (χ4n) is 3.11. The molecule has 0 aliphatic carbocycles. The minimum atomic E-state index is -4.36. The lowest BCUT2D eigenvalue weighted by molar-refractivity contribution is -0.170. The van der Waals surface area contributed by atoms with E-state index in [0.717, 1.165) is 11.8 Å². The molecule has 2 nitrogen and oxygen atoms in total. The predicted molar refractivity (Wildman–Crippen MR) is 95.5 cm³/mol. The van der Waals surface area contributed by atoms with Crippen LogP contribution in [-0.4, -0.2) is 43.3 Å². The number of para-hydroxylation sites is 1. The van der Waals surface area contributed by atoms with Crippen LogP contribution >= 0.6 is 0 Å². The van der Waals surface area contributed by atoms with Crippen molar-refractivity contribution in [3.63, 3.8) is 0 Å². The van der Waals surface area contributed by atoms with E-state index in [2.05, 4.69) is 4.90 Å². The van der Waals surface area contributed by atoms with Gasteiger partial charge in [-0.3, -0.25) is 4.90 Å². The molecular formula is C20H20F4N2. The van der Waals surface area contributed by atoms with Crippen LogP contribution in [0.5, 0.6) is 0 Å². The third kappa shape index (κ3) is 4.64. The Morgan fingerprint density at radius 3 is 2.04 bits per heavy atom. The monoisotopic (exact) mass is 364 g/mol. The van der Waals surface area contributed by atoms with Crippen LogP contribution in [0.4, 0.5) is 23.2 Å². The quantitative estimate of drug-likeness (QED) is 0.732. The third-order valence-electron chi connectivity index (χ3n) is 4.51. The van der Waals surface area contributed by atoms with Crippen LogP contribution in [0.2, 0.25) is 0 Å². The van der Waals surface area contributed by atoms with Crippen LogP contribution in [0.15, 0.2) is 60.7 Å². The smallest absolute Gasteiger partial charge is 0.369 e. The Balaban J connectivity index is 1.68. The molecule has 0 N–H and O–H groups in total. The van der Waals surface area contributed by atoms with Crippen molar-refractivity contribution in [3.8, 4) is 0 Å². The van der Waals surface area contributed by atoms with Gasteiger partial charge in [-0.2, -0.15) is 13.2 Å². The van der Waals surface area contributed by atoms with Gasteiger partial charge in [-0.05, 0) is 29.8 Å². The standard InChI is InChI=1S/C20H20F4N2/c21-17-9-6-16(7-10-17)8-11-19(20(22,23)24)26-14-12-25(13-15-26)18-4-2-1-3-5-18/h1-11,19H,12-15H2/b11-8+/t19-/m0/s1. The van der Waals surface area contributed by atoms with Gasteiger partial charge in [-0.15, -0.1) is 0 Å². The number of piperazine rings is 1. The molecule has 0 saturated carbocycles. The Labute approximate surface area is 150 Å². The van der Waals surface area contributed by atoms with Crippen LogP contribution < -0.4 is 4.90 Å². The summed E-state index contributed by atoms with van der Waals surface area (Å²) in [6.07, 6.45) is -1.79. The maximum atomic E-state index is 13.5. The molecule has 1 atom stereocenters. The maximum absolute atomic E-state index is 13.5. The van der Waals surface area contributed by atoms with E-state index in [9.17, 15) is 17.6 Å². The second kappa shape index (κ2) is 7.91. The van der Waals surface area contributed by atoms with Crippen molar-refractivity contribution in [2.24, 2.45) is 0 Å². The molecule has 2 aromatic rings. The molecule has 1 saturated heterocycles. The zero-order valence-electron chi connectivity index (χ0n) is 14.2. The van der Waals surface area contributed by atoms with Gasteiger partial charge < -0.3 is 4.90 Å². The van der Waals surface area contributed by atoms with E-state index in [1.165, 1.54) is 35.2 Å². The van der Waals surface area contributed by atoms with Crippen LogP contribution in [0.25, 0.3) is 6.08 Å². The Bertz CT molecular complexity index is 718. The van der Waals surface area contributed by atoms with Gasteiger partial charge in [-0.25, -0.2) is 4.39 Å². The summed E-state index contributed by atoms with van der Waals surface area (Å²) in [6, 6.07) is 13.4. The Morgan fingerprint density at radius 1 is 0.846 bits per heavy atom. The number of anilines is 1. The van der Waals surface area contributed by atoms with Crippen LogP contribution in [0.3, 0.4) is 0 Å². The van der Waals surface area contributed by atoms with Crippen molar-refractivity contribution in [1.29, 1.82) is 0 Å². The molecule has 138 valence electrons. The summed E-state index contributed by atoms with van der Waals surface area (Å²) in [5.41, 5.74) is 1.57. The van der Waals surface area contributed by atoms with Gasteiger partial charge in [0, 0.05) is 31.9 Å². The Kier molecular flexibility index (Phi) is 5.61. The molecule has 0 amide bonds. The lowest BCUT2D eigenvalue weighted by Crippen LogP contribution is -2.54. The molecule has 26 heavy (non-hydrogen) atoms. The van der Waals surface area contributed by atoms with Crippen molar-refractivity contribution >= 4 is 11.8 Å². The van der Waals surface area contributed by atoms with E-state index in [-0.39, 0.29) is 0 Å². The van der Waals surface area contributed by atoms with Gasteiger partial charge in [0.2, 0.25) is 0 Å². The van der Waals surface area contributed by atoms with E-state index in [4.69, 9.17) is 0 Å². The van der Waals surface area contributed by atoms with Crippen LogP contribution in [-0.2, 0) is 0 Å². The first-order chi connectivity index (χ1) is 12.4. The normalized spacial score (nSPS) is 17.6. The highest BCUT2D eigenvalue weighted by molar-refractivity contribution is 5.50. The van der Waals surface area contributed by atoms with E-state index in [1.807, 2.05) is 30.3 Å². The Hall–Kier alpha value is -2.34. The highest BCUT2D eigenvalue weighted by Gasteiger charge is 2.42. The van der Waals surface area contributed by atoms with Gasteiger partial charge in [0.25, 0.3) is 0 Å². The molecule has 1 aliphatic rings. The molecule has 3 rings (SSSR count). The molecule has 0 radical (unpaired) electrons. The van der Waals surface area contributed by atoms with Gasteiger partial charge in [0.1, 0.15) is 11.9 Å². The fraction of sp³-hybridized carbons (Fsp3) is 0.300. The number of rotatable bonds is 4. The number of alkyl halides is 3. The van der Waals surface area contributed by atoms with Crippen molar-refractivity contribution in [3.05, 3.63) is 72.1 Å². The lowest BCUT2D eigenvalue weighted by atomic mass is 10.1. The van der Waals surface area contributed by atoms with Crippen molar-refractivity contribution in [1.82, 2.24) is 4.90 Å². The second-order valence-corrected chi connectivity index (χ2v) is 6.26. The van der Waals surface area contributed by atoms with Crippen molar-refractivity contribution < 1.29 is 17.6 Å². The Morgan fingerprint density at radius 2 is 1.46 bits per heavy atom. The summed E-state index contributed by atoms with van der Waals surface area (Å²) in [7, 11) is 0. The summed E-state index contributed by atoms with van der Waals surface area (Å²) < 4.78 is 53.5. The van der Waals surface area contributed by atoms with Crippen molar-refractivity contribution in [2.45, 2.75) is 12.2 Å². The molecule has 0 aromatic heterocycles. The topological polar surface area (TPSA) is 6.48 Å². The summed E-state index contributed by atoms with van der Waals surface area (Å²) in [4.78, 5) is 3.53. The predicted octanol–water partition coefficient (Wildman–Crippen LogP) is 4.59. The zero-order chi connectivity index (χ0) is 18.6. The highest BCUT2D eigenvalue weighted by Crippen LogP contribution is 2.28. The molecule has 1 heterocycles. The third-order valence-corrected chi connectivity index (χ3v) is 4.51. The minimum absolute atomic E-state index is 0.326. The lowest BCUT2D eigenvalue weighted by Gasteiger charge is -2.39. The summed E-state index contributed by atoms with van der Waals surface area (Å²) >= 11 is 0. The number of hydrogen-bond acceptors (Lipinski definition) is 2. The minimum Gasteiger partial charge on any atom is -0.369 e. The molecule has 0 spiro atoms. The molecule has 0 bridgehead atoms. The molecule has 1 aliphatic heterocycles. The number of benzene rings is 2. The number of halogens is 4. The maximum Gasteiger partial charge on any atom is 0.407 e. The SMILES string of the molecule is Fc1ccc(/C=C/[C@H](N2CCN(c3ccccc3)CC2)C(F)(F)F)cc1. The first kappa shape index (κ1) is 18.5. The highest BCUT2D eigenvalue weighted by atomic mass is 19.4. The summed E-state index contributed by atoms with van der Waals surface area (Å²) in [5.74, 6) is -0.411. The molecular weight excluding hydrogens is 344 g/mol. The van der Waals surface area contributed by atoms with Gasteiger partial charge in [0.15, 0.2) is 0 Å². The molecule has 1 fully saturated rings. The first-order valence-electron chi connectivity index (χ1n) is 8.48. The van der Waals surface area contributed by atoms with Gasteiger partial charge in [-0.1, -0.05) is 42.5 Å². The summed E-state index contributed by atoms with van der Waals surface area (Å²) in [6.45, 7) is 1.74. The van der Waals surface area contributed by atoms with Gasteiger partial charge >= 0.3 is 6.18 Å². The van der Waals surface area contributed by atoms with E-state index in [0.29, 0.717) is 31.7 Å². The fourth-order valence-corrected chi connectivity index (χ4v) is 3.11.